The van der Waals surface area contributed by atoms with Crippen molar-refractivity contribution in [1.82, 2.24) is 5.32 Å². The van der Waals surface area contributed by atoms with E-state index in [9.17, 15) is 13.2 Å². The number of thiophene rings is 1. The van der Waals surface area contributed by atoms with E-state index in [1.54, 1.807) is 11.4 Å². The van der Waals surface area contributed by atoms with Crippen LogP contribution in [0.1, 0.15) is 9.67 Å². The number of alkyl halides is 1. The molecule has 2 atom stereocenters. The number of carbonyl (C=O) groups excluding carboxylic acids is 1. The molecule has 0 aliphatic carbocycles. The molecule has 1 saturated heterocycles. The summed E-state index contributed by atoms with van der Waals surface area (Å²) >= 11 is 10.4. The van der Waals surface area contributed by atoms with Crippen LogP contribution in [-0.4, -0.2) is 37.2 Å². The summed E-state index contributed by atoms with van der Waals surface area (Å²) in [7, 11) is -3.12. The summed E-state index contributed by atoms with van der Waals surface area (Å²) in [6.45, 7) is 0. The molecule has 1 aromatic rings. The number of rotatable bonds is 2. The summed E-state index contributed by atoms with van der Waals surface area (Å²) < 4.78 is 23.4. The van der Waals surface area contributed by atoms with Crippen molar-refractivity contribution in [2.45, 2.75) is 11.4 Å². The number of nitrogens with one attached hydrogen (secondary N) is 1. The number of carbonyl (C=O) groups is 1. The molecule has 1 aliphatic heterocycles. The average molecular weight is 359 g/mol. The van der Waals surface area contributed by atoms with E-state index in [-0.39, 0.29) is 17.4 Å². The van der Waals surface area contributed by atoms with Gasteiger partial charge in [0.25, 0.3) is 5.91 Å². The molecular weight excluding hydrogens is 350 g/mol. The van der Waals surface area contributed by atoms with Gasteiger partial charge in [-0.1, -0.05) is 0 Å². The lowest BCUT2D eigenvalue weighted by Gasteiger charge is -2.13. The molecule has 1 amide bonds. The summed E-state index contributed by atoms with van der Waals surface area (Å²) in [5.41, 5.74) is 0. The van der Waals surface area contributed by atoms with E-state index < -0.39 is 21.3 Å². The standard InChI is InChI=1S/C9H9BrClNO3S2/c10-5-1-2-16-8(5)9(13)12-7-4-17(14,15)3-6(7)11/h1-2,6-7H,3-4H2,(H,12,13). The van der Waals surface area contributed by atoms with Gasteiger partial charge in [0, 0.05) is 4.47 Å². The Bertz CT molecular complexity index is 542. The minimum Gasteiger partial charge on any atom is -0.346 e. The van der Waals surface area contributed by atoms with Crippen molar-refractivity contribution in [3.05, 3.63) is 20.8 Å². The van der Waals surface area contributed by atoms with Crippen LogP contribution in [0.25, 0.3) is 0 Å². The first-order valence-corrected chi connectivity index (χ1v) is 8.70. The van der Waals surface area contributed by atoms with Crippen LogP contribution in [0.2, 0.25) is 0 Å². The zero-order valence-corrected chi connectivity index (χ0v) is 12.5. The SMILES string of the molecule is O=C(NC1CS(=O)(=O)CC1Cl)c1sccc1Br. The van der Waals surface area contributed by atoms with Gasteiger partial charge in [0.15, 0.2) is 9.84 Å². The van der Waals surface area contributed by atoms with Gasteiger partial charge in [-0.25, -0.2) is 8.42 Å². The van der Waals surface area contributed by atoms with Crippen LogP contribution in [-0.2, 0) is 9.84 Å². The molecule has 2 rings (SSSR count). The van der Waals surface area contributed by atoms with Crippen molar-refractivity contribution in [1.29, 1.82) is 0 Å². The largest absolute Gasteiger partial charge is 0.346 e. The maximum atomic E-state index is 11.9. The number of halogens is 2. The minimum atomic E-state index is -3.12. The third-order valence-corrected chi connectivity index (χ3v) is 6.64. The molecule has 2 heterocycles. The van der Waals surface area contributed by atoms with Gasteiger partial charge in [0.1, 0.15) is 4.88 Å². The predicted molar refractivity (Wildman–Crippen MR) is 71.6 cm³/mol. The zero-order chi connectivity index (χ0) is 12.6. The van der Waals surface area contributed by atoms with Gasteiger partial charge in [-0.3, -0.25) is 4.79 Å². The van der Waals surface area contributed by atoms with Crippen molar-refractivity contribution >= 4 is 54.6 Å². The van der Waals surface area contributed by atoms with E-state index in [1.165, 1.54) is 11.3 Å². The first-order chi connectivity index (χ1) is 7.89. The Morgan fingerprint density at radius 3 is 2.71 bits per heavy atom. The molecule has 1 N–H and O–H groups in total. The molecule has 4 nitrogen and oxygen atoms in total. The highest BCUT2D eigenvalue weighted by Crippen LogP contribution is 2.24. The Morgan fingerprint density at radius 1 is 1.53 bits per heavy atom. The molecule has 1 fully saturated rings. The highest BCUT2D eigenvalue weighted by atomic mass is 79.9. The molecule has 0 radical (unpaired) electrons. The van der Waals surface area contributed by atoms with Crippen molar-refractivity contribution in [2.75, 3.05) is 11.5 Å². The van der Waals surface area contributed by atoms with E-state index in [4.69, 9.17) is 11.6 Å². The monoisotopic (exact) mass is 357 g/mol. The Balaban J connectivity index is 2.08. The topological polar surface area (TPSA) is 63.2 Å². The molecule has 1 aliphatic rings. The minimum absolute atomic E-state index is 0.0783. The molecular formula is C9H9BrClNO3S2. The summed E-state index contributed by atoms with van der Waals surface area (Å²) in [5, 5.41) is 3.89. The fourth-order valence-corrected chi connectivity index (χ4v) is 5.63. The van der Waals surface area contributed by atoms with E-state index in [0.717, 1.165) is 0 Å². The number of hydrogen-bond acceptors (Lipinski definition) is 4. The molecule has 94 valence electrons. The first-order valence-electron chi connectivity index (χ1n) is 4.77. The Kier molecular flexibility index (Phi) is 3.82. The van der Waals surface area contributed by atoms with Crippen LogP contribution in [0.5, 0.6) is 0 Å². The van der Waals surface area contributed by atoms with E-state index in [1.807, 2.05) is 0 Å². The molecule has 1 aromatic heterocycles. The maximum absolute atomic E-state index is 11.9. The number of hydrogen-bond donors (Lipinski definition) is 1. The lowest BCUT2D eigenvalue weighted by Crippen LogP contribution is -2.40. The summed E-state index contributed by atoms with van der Waals surface area (Å²) in [4.78, 5) is 12.4. The van der Waals surface area contributed by atoms with Gasteiger partial charge in [-0.2, -0.15) is 0 Å². The number of sulfone groups is 1. The first kappa shape index (κ1) is 13.3. The molecule has 17 heavy (non-hydrogen) atoms. The van der Waals surface area contributed by atoms with Crippen LogP contribution in [0.3, 0.4) is 0 Å². The van der Waals surface area contributed by atoms with Gasteiger partial charge in [-0.15, -0.1) is 22.9 Å². The van der Waals surface area contributed by atoms with Crippen molar-refractivity contribution < 1.29 is 13.2 Å². The highest BCUT2D eigenvalue weighted by molar-refractivity contribution is 9.10. The fourth-order valence-electron chi connectivity index (χ4n) is 1.63. The normalized spacial score (nSPS) is 26.9. The van der Waals surface area contributed by atoms with E-state index >= 15 is 0 Å². The smallest absolute Gasteiger partial charge is 0.262 e. The maximum Gasteiger partial charge on any atom is 0.262 e. The van der Waals surface area contributed by atoms with Crippen LogP contribution in [0.15, 0.2) is 15.9 Å². The van der Waals surface area contributed by atoms with Crippen LogP contribution < -0.4 is 5.32 Å². The van der Waals surface area contributed by atoms with Crippen molar-refractivity contribution in [2.24, 2.45) is 0 Å². The van der Waals surface area contributed by atoms with E-state index in [2.05, 4.69) is 21.2 Å². The third kappa shape index (κ3) is 3.01. The Morgan fingerprint density at radius 2 is 2.24 bits per heavy atom. The van der Waals surface area contributed by atoms with E-state index in [0.29, 0.717) is 9.35 Å². The zero-order valence-electron chi connectivity index (χ0n) is 8.52. The lowest BCUT2D eigenvalue weighted by molar-refractivity contribution is 0.0945. The van der Waals surface area contributed by atoms with Gasteiger partial charge in [0.2, 0.25) is 0 Å². The lowest BCUT2D eigenvalue weighted by atomic mass is 10.2. The van der Waals surface area contributed by atoms with Crippen molar-refractivity contribution in [3.63, 3.8) is 0 Å². The fraction of sp³-hybridized carbons (Fsp3) is 0.444. The second kappa shape index (κ2) is 4.87. The number of amides is 1. The van der Waals surface area contributed by atoms with Gasteiger partial charge < -0.3 is 5.32 Å². The van der Waals surface area contributed by atoms with Gasteiger partial charge in [0.05, 0.1) is 22.9 Å². The molecule has 0 aromatic carbocycles. The molecule has 0 spiro atoms. The summed E-state index contributed by atoms with van der Waals surface area (Å²) in [5.74, 6) is -0.458. The van der Waals surface area contributed by atoms with Crippen molar-refractivity contribution in [3.8, 4) is 0 Å². The van der Waals surface area contributed by atoms with Gasteiger partial charge in [-0.05, 0) is 27.4 Å². The Labute approximate surface area is 116 Å². The second-order valence-electron chi connectivity index (χ2n) is 3.77. The van der Waals surface area contributed by atoms with Gasteiger partial charge >= 0.3 is 0 Å². The Hall–Kier alpha value is -0.110. The predicted octanol–water partition coefficient (Wildman–Crippen LogP) is 1.64. The molecule has 8 heteroatoms. The molecule has 0 bridgehead atoms. The highest BCUT2D eigenvalue weighted by Gasteiger charge is 2.37. The second-order valence-corrected chi connectivity index (χ2v) is 8.26. The summed E-state index contributed by atoms with van der Waals surface area (Å²) in [6.07, 6.45) is 0. The van der Waals surface area contributed by atoms with Crippen LogP contribution >= 0.6 is 38.9 Å². The molecule has 2 unspecified atom stereocenters. The third-order valence-electron chi connectivity index (χ3n) is 2.42. The molecule has 0 saturated carbocycles. The quantitative estimate of drug-likeness (QED) is 0.818. The van der Waals surface area contributed by atoms with Crippen LogP contribution in [0.4, 0.5) is 0 Å². The average Bonchev–Trinajstić information content (AvgIpc) is 2.71. The van der Waals surface area contributed by atoms with Crippen LogP contribution in [0, 0.1) is 0 Å². The summed E-state index contributed by atoms with van der Waals surface area (Å²) in [6, 6.07) is 1.26.